The Morgan fingerprint density at radius 1 is 0.317 bits per heavy atom. The Morgan fingerprint density at radius 3 is 0.842 bits per heavy atom. The molecule has 0 heterocycles. The van der Waals surface area contributed by atoms with E-state index in [1.807, 2.05) is 21.1 Å². The van der Waals surface area contributed by atoms with Gasteiger partial charge in [0.15, 0.2) is 6.10 Å². The molecule has 0 aromatic heterocycles. The topological polar surface area (TPSA) is 108 Å². The molecule has 0 fully saturated rings. The van der Waals surface area contributed by atoms with Crippen molar-refractivity contribution in [1.29, 1.82) is 0 Å². The average molecular weight is 1430 g/mol. The molecule has 0 aliphatic heterocycles. The van der Waals surface area contributed by atoms with Crippen LogP contribution in [0.2, 0.25) is 0 Å². The Morgan fingerprint density at radius 2 is 0.564 bits per heavy atom. The number of phosphoric ester groups is 1. The van der Waals surface area contributed by atoms with Crippen molar-refractivity contribution < 1.29 is 42.1 Å². The van der Waals surface area contributed by atoms with Crippen LogP contribution in [-0.2, 0) is 32.7 Å². The van der Waals surface area contributed by atoms with Crippen molar-refractivity contribution in [3.63, 3.8) is 0 Å². The number of nitrogens with zero attached hydrogens (tertiary/aromatic N) is 1. The molecule has 0 saturated heterocycles. The number of esters is 2. The van der Waals surface area contributed by atoms with E-state index in [0.717, 1.165) is 109 Å². The van der Waals surface area contributed by atoms with Crippen LogP contribution in [0, 0.1) is 0 Å². The fourth-order valence-electron chi connectivity index (χ4n) is 12.0. The molecule has 2 unspecified atom stereocenters. The average Bonchev–Trinajstić information content (AvgIpc) is 0.958. The first-order valence-electron chi connectivity index (χ1n) is 42.4. The minimum absolute atomic E-state index is 0.0197. The first-order valence-corrected chi connectivity index (χ1v) is 43.9. The van der Waals surface area contributed by atoms with E-state index in [0.29, 0.717) is 17.4 Å². The highest BCUT2D eigenvalue weighted by Gasteiger charge is 2.27. The molecular formula is C91H161NO8P+. The summed E-state index contributed by atoms with van der Waals surface area (Å²) in [6.07, 6.45) is 118. The highest BCUT2D eigenvalue weighted by molar-refractivity contribution is 7.47. The monoisotopic (exact) mass is 1430 g/mol. The molecule has 9 nitrogen and oxygen atoms in total. The molecule has 0 amide bonds. The lowest BCUT2D eigenvalue weighted by molar-refractivity contribution is -0.870. The number of unbranched alkanes of at least 4 members (excludes halogenated alkanes) is 42. The number of likely N-dealkylation sites (N-methyl/N-ethyl adjacent to an activating group) is 1. The van der Waals surface area contributed by atoms with Gasteiger partial charge in [-0.05, 0) is 96.3 Å². The second kappa shape index (κ2) is 80.3. The van der Waals surface area contributed by atoms with Gasteiger partial charge in [0.05, 0.1) is 27.7 Å². The van der Waals surface area contributed by atoms with Gasteiger partial charge in [0.2, 0.25) is 0 Å². The highest BCUT2D eigenvalue weighted by Crippen LogP contribution is 2.43. The first-order chi connectivity index (χ1) is 49.5. The summed E-state index contributed by atoms with van der Waals surface area (Å²) < 4.78 is 34.8. The molecule has 0 aliphatic carbocycles. The Bertz CT molecular complexity index is 2170. The fraction of sp³-hybridized carbons (Fsp3) is 0.736. The lowest BCUT2D eigenvalue weighted by atomic mass is 10.0. The van der Waals surface area contributed by atoms with Crippen molar-refractivity contribution in [3.05, 3.63) is 134 Å². The summed E-state index contributed by atoms with van der Waals surface area (Å²) in [6.45, 7) is 4.32. The summed E-state index contributed by atoms with van der Waals surface area (Å²) in [5.74, 6) is -0.830. The van der Waals surface area contributed by atoms with E-state index >= 15 is 0 Å². The van der Waals surface area contributed by atoms with Gasteiger partial charge in [-0.15, -0.1) is 0 Å². The molecule has 0 aromatic carbocycles. The van der Waals surface area contributed by atoms with E-state index in [2.05, 4.69) is 148 Å². The van der Waals surface area contributed by atoms with Crippen LogP contribution in [0.1, 0.15) is 380 Å². The van der Waals surface area contributed by atoms with Crippen LogP contribution in [-0.4, -0.2) is 74.9 Å². The smallest absolute Gasteiger partial charge is 0.462 e. The van der Waals surface area contributed by atoms with Crippen LogP contribution in [0.5, 0.6) is 0 Å². The minimum atomic E-state index is -4.41. The quantitative estimate of drug-likeness (QED) is 0.0211. The molecule has 0 bridgehead atoms. The summed E-state index contributed by atoms with van der Waals surface area (Å²) in [5, 5.41) is 0. The Kier molecular flexibility index (Phi) is 77.2. The molecule has 0 saturated carbocycles. The largest absolute Gasteiger partial charge is 0.472 e. The van der Waals surface area contributed by atoms with Crippen molar-refractivity contribution in [2.24, 2.45) is 0 Å². The van der Waals surface area contributed by atoms with Crippen molar-refractivity contribution in [2.75, 3.05) is 47.5 Å². The third kappa shape index (κ3) is 85.0. The zero-order valence-electron chi connectivity index (χ0n) is 66.6. The van der Waals surface area contributed by atoms with Gasteiger partial charge in [-0.1, -0.05) is 404 Å². The number of ether oxygens (including phenoxy) is 2. The summed E-state index contributed by atoms with van der Waals surface area (Å²) in [6, 6.07) is 0. The van der Waals surface area contributed by atoms with Crippen molar-refractivity contribution in [2.45, 2.75) is 386 Å². The van der Waals surface area contributed by atoms with E-state index in [9.17, 15) is 19.0 Å². The molecular weight excluding hydrogens is 1270 g/mol. The lowest BCUT2D eigenvalue weighted by Crippen LogP contribution is -2.37. The number of allylic oxidation sites excluding steroid dienone is 22. The number of carbonyl (C=O) groups is 2. The number of quaternary nitrogens is 1. The fourth-order valence-corrected chi connectivity index (χ4v) is 12.8. The predicted molar refractivity (Wildman–Crippen MR) is 441 cm³/mol. The van der Waals surface area contributed by atoms with Gasteiger partial charge in [-0.2, -0.15) is 0 Å². The minimum Gasteiger partial charge on any atom is -0.462 e. The zero-order valence-corrected chi connectivity index (χ0v) is 67.5. The normalized spacial score (nSPS) is 13.7. The van der Waals surface area contributed by atoms with E-state index in [1.54, 1.807) is 0 Å². The van der Waals surface area contributed by atoms with Crippen molar-refractivity contribution in [3.8, 4) is 0 Å². The maximum absolute atomic E-state index is 12.9. The highest BCUT2D eigenvalue weighted by atomic mass is 31.2. The van der Waals surface area contributed by atoms with Crippen LogP contribution in [0.3, 0.4) is 0 Å². The molecule has 2 atom stereocenters. The third-order valence-electron chi connectivity index (χ3n) is 18.4. The molecule has 1 N–H and O–H groups in total. The molecule has 582 valence electrons. The van der Waals surface area contributed by atoms with Crippen LogP contribution in [0.25, 0.3) is 0 Å². The summed E-state index contributed by atoms with van der Waals surface area (Å²) in [4.78, 5) is 36.0. The van der Waals surface area contributed by atoms with Gasteiger partial charge in [-0.3, -0.25) is 18.6 Å². The number of phosphoric acid groups is 1. The van der Waals surface area contributed by atoms with Crippen LogP contribution >= 0.6 is 7.82 Å². The number of hydrogen-bond acceptors (Lipinski definition) is 7. The standard InChI is InChI=1S/C91H160NO8P/c1-6-8-10-12-14-16-18-20-22-24-26-28-30-32-34-36-38-40-42-44-45-46-48-49-51-53-55-57-59-61-63-65-67-69-71-73-75-77-79-81-83-90(93)97-87-89(88-99-101(95,96)98-86-85-92(3,4)5)100-91(94)84-82-80-78-76-74-72-70-68-66-64-62-60-58-56-54-52-50-47-43-41-39-37-35-33-31-29-27-25-23-21-19-17-15-13-11-9-7-2/h9,11,15,17,21,23,27,29,33,35,39,41,47,50,54,56,60,62,66,68,72,74,89H,6-8,10,12-14,16,18-20,22,24-26,28,30-32,34,36-38,40,42-46,48-49,51-53,55,57-59,61,63-65,67,69-71,73,75-88H2,1-5H3/p+1/b11-9-,17-15-,23-21-,29-27-,35-33-,41-39-,50-47-,56-54-,62-60-,68-66-,74-72-. The van der Waals surface area contributed by atoms with E-state index in [1.165, 1.54) is 238 Å². The molecule has 10 heteroatoms. The van der Waals surface area contributed by atoms with E-state index in [4.69, 9.17) is 18.5 Å². The van der Waals surface area contributed by atoms with Crippen molar-refractivity contribution in [1.82, 2.24) is 0 Å². The van der Waals surface area contributed by atoms with E-state index < -0.39 is 26.5 Å². The molecule has 0 radical (unpaired) electrons. The SMILES string of the molecule is CC/C=C\C/C=C\C/C=C\C/C=C\C/C=C\C/C=C\C/C=C\C/C=C\C/C=C\C/C=C\C/C=C\CCCCCC(=O)OC(COC(=O)CCCCCCCCCCCCCCCCCCCCCCCCCCCCCCCCCCCCCCCCCC)COP(=O)(O)OCC[N+](C)(C)C. The third-order valence-corrected chi connectivity index (χ3v) is 19.4. The van der Waals surface area contributed by atoms with Crippen molar-refractivity contribution >= 4 is 19.8 Å². The Labute approximate surface area is 625 Å². The predicted octanol–water partition coefficient (Wildman–Crippen LogP) is 28.7. The van der Waals surface area contributed by atoms with E-state index in [-0.39, 0.29) is 32.0 Å². The maximum Gasteiger partial charge on any atom is 0.472 e. The zero-order chi connectivity index (χ0) is 73.3. The van der Waals surface area contributed by atoms with Gasteiger partial charge >= 0.3 is 19.8 Å². The van der Waals surface area contributed by atoms with Gasteiger partial charge in [0, 0.05) is 12.8 Å². The second-order valence-corrected chi connectivity index (χ2v) is 30.9. The van der Waals surface area contributed by atoms with Crippen LogP contribution in [0.15, 0.2) is 134 Å². The molecule has 0 spiro atoms. The lowest BCUT2D eigenvalue weighted by Gasteiger charge is -2.24. The van der Waals surface area contributed by atoms with Gasteiger partial charge in [0.25, 0.3) is 0 Å². The second-order valence-electron chi connectivity index (χ2n) is 29.5. The molecule has 0 aromatic rings. The summed E-state index contributed by atoms with van der Waals surface area (Å²) in [5.41, 5.74) is 0. The molecule has 0 aliphatic rings. The Balaban J connectivity index is 4.01. The van der Waals surface area contributed by atoms with Gasteiger partial charge in [-0.25, -0.2) is 4.57 Å². The Hall–Kier alpha value is -3.85. The van der Waals surface area contributed by atoms with Crippen LogP contribution < -0.4 is 0 Å². The van der Waals surface area contributed by atoms with Gasteiger partial charge < -0.3 is 18.9 Å². The molecule has 0 rings (SSSR count). The van der Waals surface area contributed by atoms with Crippen LogP contribution in [0.4, 0.5) is 0 Å². The summed E-state index contributed by atoms with van der Waals surface area (Å²) in [7, 11) is 1.45. The number of rotatable bonds is 78. The number of hydrogen-bond donors (Lipinski definition) is 1. The van der Waals surface area contributed by atoms with Gasteiger partial charge in [0.1, 0.15) is 19.8 Å². The first kappa shape index (κ1) is 97.2. The summed E-state index contributed by atoms with van der Waals surface area (Å²) >= 11 is 0. The number of carbonyl (C=O) groups excluding carboxylic acids is 2. The maximum atomic E-state index is 12.9. The molecule has 101 heavy (non-hydrogen) atoms.